The molecule has 0 nitrogen and oxygen atoms in total. The van der Waals surface area contributed by atoms with Crippen molar-refractivity contribution < 1.29 is 0 Å². The van der Waals surface area contributed by atoms with Gasteiger partial charge in [0.25, 0.3) is 0 Å². The zero-order chi connectivity index (χ0) is 16.2. The van der Waals surface area contributed by atoms with E-state index >= 15 is 0 Å². The molecule has 0 fully saturated rings. The van der Waals surface area contributed by atoms with Gasteiger partial charge >= 0.3 is 0 Å². The molecule has 0 spiro atoms. The number of rotatable bonds is 12. The molecule has 0 aromatic heterocycles. The van der Waals surface area contributed by atoms with Gasteiger partial charge in [-0.15, -0.1) is 0 Å². The SMILES string of the molecule is CCCCCCCCCCc1ccc(CC)c(CC)c1CC. The van der Waals surface area contributed by atoms with E-state index < -0.39 is 0 Å². The summed E-state index contributed by atoms with van der Waals surface area (Å²) in [6, 6.07) is 4.80. The molecule has 0 aliphatic heterocycles. The fourth-order valence-electron chi connectivity index (χ4n) is 3.69. The Hall–Kier alpha value is -0.780. The van der Waals surface area contributed by atoms with Gasteiger partial charge in [-0.25, -0.2) is 0 Å². The molecule has 22 heavy (non-hydrogen) atoms. The van der Waals surface area contributed by atoms with E-state index in [0.717, 1.165) is 0 Å². The molecule has 0 heteroatoms. The molecule has 1 aromatic carbocycles. The lowest BCUT2D eigenvalue weighted by molar-refractivity contribution is 0.575. The van der Waals surface area contributed by atoms with Crippen LogP contribution in [0.3, 0.4) is 0 Å². The molecule has 0 amide bonds. The first-order chi connectivity index (χ1) is 10.8. The summed E-state index contributed by atoms with van der Waals surface area (Å²) in [7, 11) is 0. The van der Waals surface area contributed by atoms with Crippen LogP contribution in [0.1, 0.15) is 101 Å². The Morgan fingerprint density at radius 1 is 0.545 bits per heavy atom. The van der Waals surface area contributed by atoms with Gasteiger partial charge in [0.05, 0.1) is 0 Å². The molecule has 0 heterocycles. The topological polar surface area (TPSA) is 0 Å². The second-order valence-electron chi connectivity index (χ2n) is 6.63. The van der Waals surface area contributed by atoms with E-state index in [1.54, 1.807) is 22.3 Å². The van der Waals surface area contributed by atoms with Crippen LogP contribution in [0.5, 0.6) is 0 Å². The Morgan fingerprint density at radius 2 is 1.05 bits per heavy atom. The highest BCUT2D eigenvalue weighted by Gasteiger charge is 2.09. The first kappa shape index (κ1) is 19.3. The summed E-state index contributed by atoms with van der Waals surface area (Å²) in [5.41, 5.74) is 6.49. The molecule has 0 unspecified atom stereocenters. The summed E-state index contributed by atoms with van der Waals surface area (Å²) in [6.07, 6.45) is 16.2. The third-order valence-corrected chi connectivity index (χ3v) is 5.01. The molecule has 0 saturated heterocycles. The van der Waals surface area contributed by atoms with Gasteiger partial charge in [-0.1, -0.05) is 84.8 Å². The molecule has 0 N–H and O–H groups in total. The maximum atomic E-state index is 2.41. The second kappa shape index (κ2) is 11.7. The van der Waals surface area contributed by atoms with Crippen molar-refractivity contribution in [3.63, 3.8) is 0 Å². The van der Waals surface area contributed by atoms with E-state index in [1.807, 2.05) is 0 Å². The van der Waals surface area contributed by atoms with Gasteiger partial charge in [0.15, 0.2) is 0 Å². The zero-order valence-electron chi connectivity index (χ0n) is 15.6. The van der Waals surface area contributed by atoms with Crippen LogP contribution in [-0.2, 0) is 25.7 Å². The highest BCUT2D eigenvalue weighted by atomic mass is 14.1. The van der Waals surface area contributed by atoms with Crippen molar-refractivity contribution in [2.45, 2.75) is 105 Å². The third-order valence-electron chi connectivity index (χ3n) is 5.01. The van der Waals surface area contributed by atoms with E-state index in [1.165, 1.54) is 77.0 Å². The minimum Gasteiger partial charge on any atom is -0.0654 e. The predicted octanol–water partition coefficient (Wildman–Crippen LogP) is 7.06. The number of unbranched alkanes of at least 4 members (excludes halogenated alkanes) is 7. The Bertz CT molecular complexity index is 403. The summed E-state index contributed by atoms with van der Waals surface area (Å²) in [4.78, 5) is 0. The second-order valence-corrected chi connectivity index (χ2v) is 6.63. The van der Waals surface area contributed by atoms with Crippen LogP contribution in [0.25, 0.3) is 0 Å². The molecule has 0 radical (unpaired) electrons. The molecule has 0 saturated carbocycles. The molecule has 0 aliphatic rings. The van der Waals surface area contributed by atoms with Gasteiger partial charge in [0.1, 0.15) is 0 Å². The molecule has 0 aliphatic carbocycles. The molecule has 0 atom stereocenters. The van der Waals surface area contributed by atoms with Gasteiger partial charge in [-0.3, -0.25) is 0 Å². The standard InChI is InChI=1S/C22H38/c1-5-9-10-11-12-13-14-15-16-20-18-17-19(6-2)21(7-3)22(20)8-4/h17-18H,5-16H2,1-4H3. The van der Waals surface area contributed by atoms with Gasteiger partial charge in [-0.2, -0.15) is 0 Å². The molecule has 0 bridgehead atoms. The van der Waals surface area contributed by atoms with Crippen molar-refractivity contribution in [2.24, 2.45) is 0 Å². The van der Waals surface area contributed by atoms with Crippen molar-refractivity contribution in [3.8, 4) is 0 Å². The van der Waals surface area contributed by atoms with Crippen LogP contribution in [0.4, 0.5) is 0 Å². The summed E-state index contributed by atoms with van der Waals surface area (Å²) < 4.78 is 0. The highest BCUT2D eigenvalue weighted by molar-refractivity contribution is 5.41. The van der Waals surface area contributed by atoms with Crippen LogP contribution >= 0.6 is 0 Å². The van der Waals surface area contributed by atoms with Crippen molar-refractivity contribution in [2.75, 3.05) is 0 Å². The number of benzene rings is 1. The fraction of sp³-hybridized carbons (Fsp3) is 0.727. The van der Waals surface area contributed by atoms with Crippen LogP contribution in [-0.4, -0.2) is 0 Å². The van der Waals surface area contributed by atoms with Crippen molar-refractivity contribution in [1.29, 1.82) is 0 Å². The van der Waals surface area contributed by atoms with Crippen LogP contribution in [0, 0.1) is 0 Å². The lowest BCUT2D eigenvalue weighted by Gasteiger charge is -2.16. The van der Waals surface area contributed by atoms with Gasteiger partial charge < -0.3 is 0 Å². The Morgan fingerprint density at radius 3 is 1.59 bits per heavy atom. The largest absolute Gasteiger partial charge is 0.0654 e. The third kappa shape index (κ3) is 6.15. The van der Waals surface area contributed by atoms with E-state index in [-0.39, 0.29) is 0 Å². The summed E-state index contributed by atoms with van der Waals surface area (Å²) >= 11 is 0. The van der Waals surface area contributed by atoms with Crippen molar-refractivity contribution in [1.82, 2.24) is 0 Å². The molecule has 126 valence electrons. The lowest BCUT2D eigenvalue weighted by Crippen LogP contribution is -2.03. The smallest absolute Gasteiger partial charge is 0.0276 e. The maximum absolute atomic E-state index is 2.41. The van der Waals surface area contributed by atoms with Crippen LogP contribution in [0.2, 0.25) is 0 Å². The van der Waals surface area contributed by atoms with E-state index in [0.29, 0.717) is 0 Å². The Balaban J connectivity index is 2.42. The number of hydrogen-bond acceptors (Lipinski definition) is 0. The van der Waals surface area contributed by atoms with Crippen molar-refractivity contribution in [3.05, 3.63) is 34.4 Å². The first-order valence-corrected chi connectivity index (χ1v) is 9.90. The normalized spacial score (nSPS) is 11.1. The average Bonchev–Trinajstić information content (AvgIpc) is 2.56. The average molecular weight is 303 g/mol. The van der Waals surface area contributed by atoms with Crippen LogP contribution in [0.15, 0.2) is 12.1 Å². The predicted molar refractivity (Wildman–Crippen MR) is 101 cm³/mol. The Labute approximate surface area is 139 Å². The van der Waals surface area contributed by atoms with Gasteiger partial charge in [0, 0.05) is 0 Å². The quantitative estimate of drug-likeness (QED) is 0.363. The number of hydrogen-bond donors (Lipinski definition) is 0. The molecule has 1 aromatic rings. The monoisotopic (exact) mass is 302 g/mol. The van der Waals surface area contributed by atoms with E-state index in [2.05, 4.69) is 39.8 Å². The zero-order valence-corrected chi connectivity index (χ0v) is 15.6. The van der Waals surface area contributed by atoms with Gasteiger partial charge in [0.2, 0.25) is 0 Å². The van der Waals surface area contributed by atoms with E-state index in [9.17, 15) is 0 Å². The first-order valence-electron chi connectivity index (χ1n) is 9.90. The van der Waals surface area contributed by atoms with Crippen molar-refractivity contribution >= 4 is 0 Å². The molecular weight excluding hydrogens is 264 g/mol. The summed E-state index contributed by atoms with van der Waals surface area (Å²) in [5.74, 6) is 0. The molecular formula is C22H38. The van der Waals surface area contributed by atoms with E-state index in [4.69, 9.17) is 0 Å². The number of aryl methyl sites for hydroxylation is 2. The maximum Gasteiger partial charge on any atom is -0.0276 e. The summed E-state index contributed by atoms with van der Waals surface area (Å²) in [6.45, 7) is 9.21. The minimum atomic E-state index is 1.17. The lowest BCUT2D eigenvalue weighted by atomic mass is 9.89. The van der Waals surface area contributed by atoms with Gasteiger partial charge in [-0.05, 0) is 54.4 Å². The fourth-order valence-corrected chi connectivity index (χ4v) is 3.69. The van der Waals surface area contributed by atoms with Crippen LogP contribution < -0.4 is 0 Å². The Kier molecular flexibility index (Phi) is 10.3. The molecule has 1 rings (SSSR count). The minimum absolute atomic E-state index is 1.17. The summed E-state index contributed by atoms with van der Waals surface area (Å²) in [5, 5.41) is 0. The highest BCUT2D eigenvalue weighted by Crippen LogP contribution is 2.23.